The minimum atomic E-state index is -1.01. The molecule has 0 saturated carbocycles. The molecule has 0 aliphatic carbocycles. The van der Waals surface area contributed by atoms with Crippen LogP contribution in [0.2, 0.25) is 0 Å². The van der Waals surface area contributed by atoms with Crippen molar-refractivity contribution in [2.45, 2.75) is 18.9 Å². The Morgan fingerprint density at radius 1 is 1.10 bits per heavy atom. The molecule has 106 valence electrons. The number of fused-ring (bicyclic) bond motifs is 1. The number of pyridine rings is 1. The van der Waals surface area contributed by atoms with Gasteiger partial charge in [0.15, 0.2) is 0 Å². The maximum absolute atomic E-state index is 12.9. The maximum Gasteiger partial charge on any atom is 0.123 e. The highest BCUT2D eigenvalue weighted by Crippen LogP contribution is 2.27. The molecule has 3 rings (SSSR count). The number of aliphatic hydroxyl groups is 1. The van der Waals surface area contributed by atoms with E-state index in [1.807, 2.05) is 30.3 Å². The van der Waals surface area contributed by atoms with Crippen LogP contribution in [0.15, 0.2) is 60.8 Å². The van der Waals surface area contributed by atoms with E-state index in [2.05, 4.69) is 4.98 Å². The Kier molecular flexibility index (Phi) is 3.43. The van der Waals surface area contributed by atoms with Gasteiger partial charge in [-0.3, -0.25) is 4.98 Å². The minimum absolute atomic E-state index is 0.268. The Morgan fingerprint density at radius 3 is 2.62 bits per heavy atom. The first kappa shape index (κ1) is 13.7. The maximum atomic E-state index is 12.9. The van der Waals surface area contributed by atoms with Crippen molar-refractivity contribution in [1.82, 2.24) is 4.98 Å². The molecule has 0 fully saturated rings. The lowest BCUT2D eigenvalue weighted by Gasteiger charge is -2.24. The molecular weight excluding hydrogens is 265 g/mol. The van der Waals surface area contributed by atoms with E-state index < -0.39 is 5.60 Å². The van der Waals surface area contributed by atoms with Crippen molar-refractivity contribution in [3.63, 3.8) is 0 Å². The number of nitrogens with zero attached hydrogens (tertiary/aromatic N) is 1. The summed E-state index contributed by atoms with van der Waals surface area (Å²) in [4.78, 5) is 4.27. The molecule has 1 unspecified atom stereocenters. The van der Waals surface area contributed by atoms with E-state index >= 15 is 0 Å². The Hall–Kier alpha value is -2.26. The first-order chi connectivity index (χ1) is 10.0. The summed E-state index contributed by atoms with van der Waals surface area (Å²) in [6, 6.07) is 15.8. The van der Waals surface area contributed by atoms with Gasteiger partial charge in [0.25, 0.3) is 0 Å². The van der Waals surface area contributed by atoms with E-state index in [9.17, 15) is 9.50 Å². The van der Waals surface area contributed by atoms with Gasteiger partial charge in [-0.1, -0.05) is 24.3 Å². The van der Waals surface area contributed by atoms with Crippen LogP contribution in [0.5, 0.6) is 0 Å². The molecule has 0 bridgehead atoms. The summed E-state index contributed by atoms with van der Waals surface area (Å²) in [5, 5.41) is 11.7. The third-order valence-corrected chi connectivity index (χ3v) is 3.69. The minimum Gasteiger partial charge on any atom is -0.385 e. The van der Waals surface area contributed by atoms with Crippen LogP contribution in [0.1, 0.15) is 18.1 Å². The van der Waals surface area contributed by atoms with Gasteiger partial charge in [0.05, 0.1) is 11.1 Å². The smallest absolute Gasteiger partial charge is 0.123 e. The predicted octanol–water partition coefficient (Wildman–Crippen LogP) is 3.82. The van der Waals surface area contributed by atoms with E-state index in [0.29, 0.717) is 6.42 Å². The topological polar surface area (TPSA) is 33.1 Å². The van der Waals surface area contributed by atoms with Crippen LogP contribution in [0, 0.1) is 5.82 Å². The highest BCUT2D eigenvalue weighted by atomic mass is 19.1. The fraction of sp³-hybridized carbons (Fsp3) is 0.167. The summed E-state index contributed by atoms with van der Waals surface area (Å²) in [6.07, 6.45) is 2.18. The molecule has 0 amide bonds. The van der Waals surface area contributed by atoms with Crippen molar-refractivity contribution in [3.05, 3.63) is 77.7 Å². The first-order valence-corrected chi connectivity index (χ1v) is 6.87. The zero-order valence-corrected chi connectivity index (χ0v) is 11.8. The van der Waals surface area contributed by atoms with Crippen LogP contribution in [0.25, 0.3) is 10.9 Å². The highest BCUT2D eigenvalue weighted by molar-refractivity contribution is 5.79. The average molecular weight is 281 g/mol. The fourth-order valence-corrected chi connectivity index (χ4v) is 2.51. The van der Waals surface area contributed by atoms with Gasteiger partial charge in [-0.05, 0) is 48.4 Å². The Balaban J connectivity index is 1.93. The molecule has 2 aromatic carbocycles. The summed E-state index contributed by atoms with van der Waals surface area (Å²) < 4.78 is 12.9. The number of halogens is 1. The molecule has 0 spiro atoms. The number of benzene rings is 2. The van der Waals surface area contributed by atoms with E-state index in [-0.39, 0.29) is 5.82 Å². The summed E-state index contributed by atoms with van der Waals surface area (Å²) in [5.74, 6) is -0.268. The van der Waals surface area contributed by atoms with Gasteiger partial charge in [0, 0.05) is 18.0 Å². The molecule has 2 nitrogen and oxygen atoms in total. The first-order valence-electron chi connectivity index (χ1n) is 6.87. The number of rotatable bonds is 3. The molecule has 1 aromatic heterocycles. The molecule has 3 aromatic rings. The van der Waals surface area contributed by atoms with Gasteiger partial charge in [-0.25, -0.2) is 4.39 Å². The molecule has 1 heterocycles. The second-order valence-corrected chi connectivity index (χ2v) is 5.49. The fourth-order valence-electron chi connectivity index (χ4n) is 2.51. The van der Waals surface area contributed by atoms with Crippen molar-refractivity contribution < 1.29 is 9.50 Å². The Morgan fingerprint density at radius 2 is 1.86 bits per heavy atom. The standard InChI is InChI=1S/C18H16FNO/c1-18(21,12-13-4-7-16(19)8-5-13)15-6-9-17-14(11-15)3-2-10-20-17/h2-11,21H,12H2,1H3. The largest absolute Gasteiger partial charge is 0.385 e. The van der Waals surface area contributed by atoms with Crippen LogP contribution in [0.4, 0.5) is 4.39 Å². The van der Waals surface area contributed by atoms with Crippen LogP contribution in [0.3, 0.4) is 0 Å². The van der Waals surface area contributed by atoms with Crippen molar-refractivity contribution in [2.24, 2.45) is 0 Å². The van der Waals surface area contributed by atoms with E-state index in [1.54, 1.807) is 25.3 Å². The second-order valence-electron chi connectivity index (χ2n) is 5.49. The zero-order valence-electron chi connectivity index (χ0n) is 11.8. The van der Waals surface area contributed by atoms with Crippen molar-refractivity contribution >= 4 is 10.9 Å². The van der Waals surface area contributed by atoms with Crippen LogP contribution < -0.4 is 0 Å². The van der Waals surface area contributed by atoms with Crippen molar-refractivity contribution in [1.29, 1.82) is 0 Å². The van der Waals surface area contributed by atoms with E-state index in [0.717, 1.165) is 22.0 Å². The Labute approximate surface area is 122 Å². The quantitative estimate of drug-likeness (QED) is 0.791. The molecular formula is C18H16FNO. The molecule has 0 radical (unpaired) electrons. The van der Waals surface area contributed by atoms with Gasteiger partial charge >= 0.3 is 0 Å². The lowest BCUT2D eigenvalue weighted by Crippen LogP contribution is -2.24. The van der Waals surface area contributed by atoms with E-state index in [1.165, 1.54) is 12.1 Å². The molecule has 21 heavy (non-hydrogen) atoms. The van der Waals surface area contributed by atoms with Gasteiger partial charge in [-0.2, -0.15) is 0 Å². The summed E-state index contributed by atoms with van der Waals surface area (Å²) in [6.45, 7) is 1.77. The van der Waals surface area contributed by atoms with Crippen LogP contribution in [-0.4, -0.2) is 10.1 Å². The molecule has 1 N–H and O–H groups in total. The van der Waals surface area contributed by atoms with Crippen molar-refractivity contribution in [2.75, 3.05) is 0 Å². The normalized spacial score (nSPS) is 14.0. The third-order valence-electron chi connectivity index (χ3n) is 3.69. The molecule has 0 aliphatic heterocycles. The lowest BCUT2D eigenvalue weighted by atomic mass is 9.88. The molecule has 0 aliphatic rings. The monoisotopic (exact) mass is 281 g/mol. The summed E-state index contributed by atoms with van der Waals surface area (Å²) >= 11 is 0. The molecule has 1 atom stereocenters. The van der Waals surface area contributed by atoms with Gasteiger partial charge in [0.1, 0.15) is 5.82 Å². The zero-order chi connectivity index (χ0) is 14.9. The molecule has 3 heteroatoms. The van der Waals surface area contributed by atoms with E-state index in [4.69, 9.17) is 0 Å². The lowest BCUT2D eigenvalue weighted by molar-refractivity contribution is 0.0577. The number of aromatic nitrogens is 1. The SMILES string of the molecule is CC(O)(Cc1ccc(F)cc1)c1ccc2ncccc2c1. The average Bonchev–Trinajstić information content (AvgIpc) is 2.49. The van der Waals surface area contributed by atoms with Gasteiger partial charge < -0.3 is 5.11 Å². The highest BCUT2D eigenvalue weighted by Gasteiger charge is 2.23. The van der Waals surface area contributed by atoms with Gasteiger partial charge in [-0.15, -0.1) is 0 Å². The van der Waals surface area contributed by atoms with Crippen molar-refractivity contribution in [3.8, 4) is 0 Å². The third kappa shape index (κ3) is 2.93. The summed E-state index contributed by atoms with van der Waals surface area (Å²) in [5.41, 5.74) is 1.61. The number of hydrogen-bond acceptors (Lipinski definition) is 2. The Bertz CT molecular complexity index is 766. The number of hydrogen-bond donors (Lipinski definition) is 1. The van der Waals surface area contributed by atoms with Gasteiger partial charge in [0.2, 0.25) is 0 Å². The van der Waals surface area contributed by atoms with Crippen LogP contribution in [-0.2, 0) is 12.0 Å². The van der Waals surface area contributed by atoms with Crippen LogP contribution >= 0.6 is 0 Å². The summed E-state index contributed by atoms with van der Waals surface area (Å²) in [7, 11) is 0. The molecule has 0 saturated heterocycles. The predicted molar refractivity (Wildman–Crippen MR) is 81.4 cm³/mol. The second kappa shape index (κ2) is 5.26.